The second-order valence-corrected chi connectivity index (χ2v) is 6.98. The molecule has 2 rings (SSSR count). The summed E-state index contributed by atoms with van der Waals surface area (Å²) >= 11 is 5.97. The van der Waals surface area contributed by atoms with Crippen molar-refractivity contribution >= 4 is 40.5 Å². The fourth-order valence-corrected chi connectivity index (χ4v) is 2.83. The number of amides is 2. The summed E-state index contributed by atoms with van der Waals surface area (Å²) in [6.45, 7) is 4.04. The summed E-state index contributed by atoms with van der Waals surface area (Å²) in [5.74, 6) is -0.555. The van der Waals surface area contributed by atoms with Gasteiger partial charge in [-0.25, -0.2) is 0 Å². The third-order valence-electron chi connectivity index (χ3n) is 4.24. The first-order valence-electron chi connectivity index (χ1n) is 8.58. The maximum Gasteiger partial charge on any atom is 0.279 e. The van der Waals surface area contributed by atoms with Crippen molar-refractivity contribution in [3.05, 3.63) is 62.7 Å². The van der Waals surface area contributed by atoms with E-state index in [-0.39, 0.29) is 41.3 Å². The topological polar surface area (TPSA) is 106 Å². The van der Waals surface area contributed by atoms with Gasteiger partial charge in [-0.2, -0.15) is 0 Å². The molecule has 2 aromatic rings. The van der Waals surface area contributed by atoms with Crippen molar-refractivity contribution in [2.24, 2.45) is 0 Å². The Balaban J connectivity index is 1.89. The summed E-state index contributed by atoms with van der Waals surface area (Å²) in [4.78, 5) is 35.2. The van der Waals surface area contributed by atoms with Gasteiger partial charge in [-0.3, -0.25) is 19.7 Å². The second kappa shape index (κ2) is 9.29. The van der Waals surface area contributed by atoms with Gasteiger partial charge in [0.15, 0.2) is 13.1 Å². The summed E-state index contributed by atoms with van der Waals surface area (Å²) in [6, 6.07) is 9.48. The molecule has 2 amide bonds. The second-order valence-electron chi connectivity index (χ2n) is 6.58. The fraction of sp³-hybridized carbons (Fsp3) is 0.263. The molecule has 3 N–H and O–H groups in total. The van der Waals surface area contributed by atoms with E-state index in [1.807, 2.05) is 32.0 Å². The molecule has 0 saturated heterocycles. The van der Waals surface area contributed by atoms with Crippen molar-refractivity contribution < 1.29 is 19.4 Å². The number of nitro benzene ring substituents is 1. The van der Waals surface area contributed by atoms with Crippen LogP contribution in [0.1, 0.15) is 11.1 Å². The summed E-state index contributed by atoms with van der Waals surface area (Å²) in [7, 11) is 1.72. The third kappa shape index (κ3) is 5.77. The summed E-state index contributed by atoms with van der Waals surface area (Å²) in [6.07, 6.45) is 0. The molecular formula is C19H22ClN4O4+. The van der Waals surface area contributed by atoms with Crippen molar-refractivity contribution in [1.29, 1.82) is 0 Å². The van der Waals surface area contributed by atoms with Crippen LogP contribution in [0.15, 0.2) is 36.4 Å². The van der Waals surface area contributed by atoms with Gasteiger partial charge in [0.2, 0.25) is 0 Å². The van der Waals surface area contributed by atoms with Crippen LogP contribution >= 0.6 is 11.6 Å². The van der Waals surface area contributed by atoms with Crippen LogP contribution in [0.4, 0.5) is 17.1 Å². The smallest absolute Gasteiger partial charge is 0.279 e. The number of anilines is 2. The van der Waals surface area contributed by atoms with Crippen molar-refractivity contribution in [3.8, 4) is 0 Å². The average Bonchev–Trinajstić information content (AvgIpc) is 2.60. The van der Waals surface area contributed by atoms with Gasteiger partial charge in [-0.15, -0.1) is 0 Å². The number of carbonyl (C=O) groups excluding carboxylic acids is 2. The zero-order valence-corrected chi connectivity index (χ0v) is 16.6. The van der Waals surface area contributed by atoms with E-state index in [9.17, 15) is 19.7 Å². The van der Waals surface area contributed by atoms with Gasteiger partial charge in [0.05, 0.1) is 22.7 Å². The summed E-state index contributed by atoms with van der Waals surface area (Å²) in [5.41, 5.74) is 2.95. The van der Waals surface area contributed by atoms with E-state index in [2.05, 4.69) is 10.6 Å². The van der Waals surface area contributed by atoms with Gasteiger partial charge in [0.25, 0.3) is 17.5 Å². The molecule has 0 aromatic heterocycles. The number of halogens is 1. The molecule has 1 unspecified atom stereocenters. The fourth-order valence-electron chi connectivity index (χ4n) is 2.60. The molecule has 0 spiro atoms. The normalized spacial score (nSPS) is 11.6. The lowest BCUT2D eigenvalue weighted by Gasteiger charge is -2.15. The van der Waals surface area contributed by atoms with Gasteiger partial charge < -0.3 is 15.5 Å². The molecule has 0 aliphatic heterocycles. The number of quaternary nitrogens is 1. The summed E-state index contributed by atoms with van der Waals surface area (Å²) in [5, 5.41) is 16.3. The number of aryl methyl sites for hydroxylation is 1. The molecule has 0 bridgehead atoms. The molecule has 2 aromatic carbocycles. The Labute approximate surface area is 167 Å². The third-order valence-corrected chi connectivity index (χ3v) is 4.55. The number of carbonyl (C=O) groups is 2. The van der Waals surface area contributed by atoms with Crippen molar-refractivity contribution in [3.63, 3.8) is 0 Å². The zero-order valence-electron chi connectivity index (χ0n) is 15.8. The number of non-ortho nitro benzene ring substituents is 1. The molecule has 0 saturated carbocycles. The van der Waals surface area contributed by atoms with Crippen LogP contribution in [0.25, 0.3) is 0 Å². The Morgan fingerprint density at radius 3 is 2.25 bits per heavy atom. The van der Waals surface area contributed by atoms with Crippen molar-refractivity contribution in [2.45, 2.75) is 13.8 Å². The molecule has 148 valence electrons. The predicted molar refractivity (Wildman–Crippen MR) is 108 cm³/mol. The van der Waals surface area contributed by atoms with E-state index in [1.54, 1.807) is 7.05 Å². The van der Waals surface area contributed by atoms with E-state index in [1.165, 1.54) is 18.2 Å². The van der Waals surface area contributed by atoms with Gasteiger partial charge in [0, 0.05) is 17.8 Å². The Bertz CT molecular complexity index is 917. The highest BCUT2D eigenvalue weighted by molar-refractivity contribution is 6.34. The first-order chi connectivity index (χ1) is 13.2. The number of hydrogen-bond donors (Lipinski definition) is 3. The number of hydrogen-bond acceptors (Lipinski definition) is 4. The minimum Gasteiger partial charge on any atom is -0.322 e. The van der Waals surface area contributed by atoms with Crippen LogP contribution in [-0.2, 0) is 9.59 Å². The SMILES string of the molecule is Cc1cccc(NC(=O)C[NH+](C)CC(=O)Nc2ccc([N+](=O)[O-])cc2Cl)c1C. The molecule has 0 radical (unpaired) electrons. The number of benzene rings is 2. The number of likely N-dealkylation sites (N-methyl/N-ethyl adjacent to an activating group) is 1. The quantitative estimate of drug-likeness (QED) is 0.483. The Morgan fingerprint density at radius 1 is 1.07 bits per heavy atom. The largest absolute Gasteiger partial charge is 0.322 e. The number of nitrogens with zero attached hydrogens (tertiary/aromatic N) is 1. The van der Waals surface area contributed by atoms with Crippen LogP contribution in [0.5, 0.6) is 0 Å². The molecule has 0 fully saturated rings. The molecule has 0 heterocycles. The molecular weight excluding hydrogens is 384 g/mol. The first-order valence-corrected chi connectivity index (χ1v) is 8.96. The zero-order chi connectivity index (χ0) is 20.8. The van der Waals surface area contributed by atoms with Crippen molar-refractivity contribution in [1.82, 2.24) is 0 Å². The lowest BCUT2D eigenvalue weighted by atomic mass is 10.1. The number of rotatable bonds is 7. The highest BCUT2D eigenvalue weighted by Gasteiger charge is 2.17. The molecule has 0 aliphatic carbocycles. The Kier molecular flexibility index (Phi) is 7.08. The van der Waals surface area contributed by atoms with Crippen LogP contribution < -0.4 is 15.5 Å². The molecule has 1 atom stereocenters. The first kappa shape index (κ1) is 21.3. The molecule has 9 heteroatoms. The van der Waals surface area contributed by atoms with Crippen LogP contribution in [0.3, 0.4) is 0 Å². The maximum atomic E-state index is 12.2. The number of nitrogens with one attached hydrogen (secondary N) is 3. The number of nitro groups is 1. The lowest BCUT2D eigenvalue weighted by Crippen LogP contribution is -3.11. The van der Waals surface area contributed by atoms with Crippen LogP contribution in [0, 0.1) is 24.0 Å². The predicted octanol–water partition coefficient (Wildman–Crippen LogP) is 1.96. The van der Waals surface area contributed by atoms with E-state index in [0.717, 1.165) is 16.8 Å². The van der Waals surface area contributed by atoms with E-state index in [0.29, 0.717) is 4.90 Å². The van der Waals surface area contributed by atoms with Gasteiger partial charge in [-0.05, 0) is 37.1 Å². The van der Waals surface area contributed by atoms with Crippen LogP contribution in [0.2, 0.25) is 5.02 Å². The monoisotopic (exact) mass is 405 g/mol. The Morgan fingerprint density at radius 2 is 1.68 bits per heavy atom. The minimum atomic E-state index is -0.566. The molecule has 28 heavy (non-hydrogen) atoms. The van der Waals surface area contributed by atoms with E-state index >= 15 is 0 Å². The lowest BCUT2D eigenvalue weighted by molar-refractivity contribution is -0.862. The van der Waals surface area contributed by atoms with Gasteiger partial charge in [-0.1, -0.05) is 23.7 Å². The molecule has 8 nitrogen and oxygen atoms in total. The van der Waals surface area contributed by atoms with Gasteiger partial charge >= 0.3 is 0 Å². The maximum absolute atomic E-state index is 12.2. The minimum absolute atomic E-state index is 0.0353. The Hall–Kier alpha value is -2.97. The van der Waals surface area contributed by atoms with Crippen molar-refractivity contribution in [2.75, 3.05) is 30.8 Å². The van der Waals surface area contributed by atoms with Gasteiger partial charge in [0.1, 0.15) is 0 Å². The van der Waals surface area contributed by atoms with Crippen LogP contribution in [-0.4, -0.2) is 36.9 Å². The van der Waals surface area contributed by atoms with E-state index < -0.39 is 4.92 Å². The average molecular weight is 406 g/mol. The standard InChI is InChI=1S/C19H21ClN4O4/c1-12-5-4-6-16(13(12)2)21-18(25)10-23(3)11-19(26)22-17-8-7-14(24(27)28)9-15(17)20/h4-9H,10-11H2,1-3H3,(H,21,25)(H,22,26)/p+1. The highest BCUT2D eigenvalue weighted by atomic mass is 35.5. The summed E-state index contributed by atoms with van der Waals surface area (Å²) < 4.78 is 0. The molecule has 0 aliphatic rings. The highest BCUT2D eigenvalue weighted by Crippen LogP contribution is 2.26. The van der Waals surface area contributed by atoms with E-state index in [4.69, 9.17) is 11.6 Å².